The van der Waals surface area contributed by atoms with Crippen LogP contribution in [-0.2, 0) is 4.79 Å². The van der Waals surface area contributed by atoms with Gasteiger partial charge in [0, 0.05) is 23.3 Å². The number of carbonyl (C=O) groups excluding carboxylic acids is 1. The number of para-hydroxylation sites is 1. The maximum atomic E-state index is 14.0. The summed E-state index contributed by atoms with van der Waals surface area (Å²) in [7, 11) is 0. The predicted octanol–water partition coefficient (Wildman–Crippen LogP) is 4.87. The van der Waals surface area contributed by atoms with E-state index in [1.54, 1.807) is 0 Å². The van der Waals surface area contributed by atoms with Gasteiger partial charge in [-0.25, -0.2) is 4.99 Å². The lowest BCUT2D eigenvalue weighted by Gasteiger charge is -2.43. The van der Waals surface area contributed by atoms with Gasteiger partial charge in [0.25, 0.3) is 0 Å². The Kier molecular flexibility index (Phi) is 4.70. The average molecular weight is 487 g/mol. The van der Waals surface area contributed by atoms with Gasteiger partial charge in [0.1, 0.15) is 5.84 Å². The van der Waals surface area contributed by atoms with E-state index in [-0.39, 0.29) is 18.5 Å². The number of benzene rings is 3. The lowest BCUT2D eigenvalue weighted by Crippen LogP contribution is -2.40. The van der Waals surface area contributed by atoms with Gasteiger partial charge >= 0.3 is 0 Å². The zero-order chi connectivity index (χ0) is 25.1. The standard InChI is InChI=1S/C30H22N4O3/c31-15-21-27(18-10-11-25-26(14-18)37-16-36-25)28-23(12-19(13-24(28)35)17-6-2-1-3-7-17)34-22-9-5-4-8-20(22)29(32)33-30(21)34/h1-11,14,19,27H,12-13,16H2,(H2,32,33)/t19-,27-/m0/s1. The number of rotatable bonds is 2. The Bertz CT molecular complexity index is 1610. The molecule has 0 saturated heterocycles. The van der Waals surface area contributed by atoms with Crippen LogP contribution in [0.5, 0.6) is 11.5 Å². The first-order valence-electron chi connectivity index (χ1n) is 12.2. The van der Waals surface area contributed by atoms with Gasteiger partial charge < -0.3 is 15.2 Å². The van der Waals surface area contributed by atoms with Crippen molar-refractivity contribution in [3.63, 3.8) is 0 Å². The second-order valence-corrected chi connectivity index (χ2v) is 9.54. The number of aliphatic imine (C=N–C) groups is 1. The third kappa shape index (κ3) is 3.19. The highest BCUT2D eigenvalue weighted by atomic mass is 16.7. The second kappa shape index (κ2) is 8.10. The smallest absolute Gasteiger partial charge is 0.231 e. The van der Waals surface area contributed by atoms with Crippen molar-refractivity contribution in [2.45, 2.75) is 24.7 Å². The lowest BCUT2D eigenvalue weighted by molar-refractivity contribution is -0.116. The molecule has 180 valence electrons. The van der Waals surface area contributed by atoms with Crippen LogP contribution in [0.1, 0.15) is 41.4 Å². The normalized spacial score (nSPS) is 21.6. The summed E-state index contributed by atoms with van der Waals surface area (Å²) in [5.74, 6) is 1.55. The monoisotopic (exact) mass is 486 g/mol. The predicted molar refractivity (Wildman–Crippen MR) is 138 cm³/mol. The van der Waals surface area contributed by atoms with Crippen LogP contribution in [0.4, 0.5) is 5.69 Å². The molecule has 0 saturated carbocycles. The number of nitrogens with zero attached hydrogens (tertiary/aromatic N) is 3. The molecule has 0 fully saturated rings. The molecular formula is C30H22N4O3. The minimum absolute atomic E-state index is 0.0187. The van der Waals surface area contributed by atoms with Crippen LogP contribution >= 0.6 is 0 Å². The van der Waals surface area contributed by atoms with Gasteiger partial charge in [-0.3, -0.25) is 9.69 Å². The molecule has 7 heteroatoms. The summed E-state index contributed by atoms with van der Waals surface area (Å²) in [5, 5.41) is 10.5. The van der Waals surface area contributed by atoms with E-state index in [1.165, 1.54) is 0 Å². The number of hydrogen-bond acceptors (Lipinski definition) is 7. The van der Waals surface area contributed by atoms with E-state index < -0.39 is 5.92 Å². The maximum absolute atomic E-state index is 14.0. The van der Waals surface area contributed by atoms with Crippen LogP contribution in [0.3, 0.4) is 0 Å². The van der Waals surface area contributed by atoms with Gasteiger partial charge in [-0.1, -0.05) is 48.5 Å². The van der Waals surface area contributed by atoms with Crippen LogP contribution < -0.4 is 20.1 Å². The average Bonchev–Trinajstić information content (AvgIpc) is 3.41. The number of fused-ring (bicyclic) bond motifs is 5. The maximum Gasteiger partial charge on any atom is 0.231 e. The summed E-state index contributed by atoms with van der Waals surface area (Å²) in [5.41, 5.74) is 11.8. The topological polar surface area (TPSA) is 101 Å². The number of anilines is 1. The zero-order valence-corrected chi connectivity index (χ0v) is 19.8. The van der Waals surface area contributed by atoms with Gasteiger partial charge in [-0.05, 0) is 47.7 Å². The highest BCUT2D eigenvalue weighted by Gasteiger charge is 2.45. The highest BCUT2D eigenvalue weighted by Crippen LogP contribution is 2.52. The van der Waals surface area contributed by atoms with Gasteiger partial charge in [0.15, 0.2) is 23.1 Å². The molecule has 0 unspecified atom stereocenters. The van der Waals surface area contributed by atoms with Crippen molar-refractivity contribution < 1.29 is 14.3 Å². The van der Waals surface area contributed by atoms with Crippen LogP contribution in [0.2, 0.25) is 0 Å². The molecule has 3 aromatic carbocycles. The number of nitrogens with two attached hydrogens (primary N) is 1. The molecule has 37 heavy (non-hydrogen) atoms. The molecule has 4 aliphatic rings. The number of hydrogen-bond donors (Lipinski definition) is 1. The molecule has 2 N–H and O–H groups in total. The van der Waals surface area contributed by atoms with Crippen LogP contribution in [-0.4, -0.2) is 18.4 Å². The molecule has 3 aliphatic heterocycles. The Morgan fingerprint density at radius 1 is 0.946 bits per heavy atom. The minimum atomic E-state index is -0.577. The summed E-state index contributed by atoms with van der Waals surface area (Å²) in [6, 6.07) is 25.8. The summed E-state index contributed by atoms with van der Waals surface area (Å²) in [4.78, 5) is 20.7. The quantitative estimate of drug-likeness (QED) is 0.554. The van der Waals surface area contributed by atoms with Crippen molar-refractivity contribution in [2.75, 3.05) is 11.7 Å². The molecular weight excluding hydrogens is 464 g/mol. The van der Waals surface area contributed by atoms with E-state index in [0.29, 0.717) is 47.1 Å². The molecule has 7 rings (SSSR count). The molecule has 0 aromatic heterocycles. The molecule has 0 amide bonds. The molecule has 0 spiro atoms. The third-order valence-electron chi connectivity index (χ3n) is 7.55. The lowest BCUT2D eigenvalue weighted by atomic mass is 9.71. The molecule has 2 atom stereocenters. The summed E-state index contributed by atoms with van der Waals surface area (Å²) >= 11 is 0. The Morgan fingerprint density at radius 2 is 1.73 bits per heavy atom. The van der Waals surface area contributed by atoms with E-state index in [4.69, 9.17) is 20.2 Å². The van der Waals surface area contributed by atoms with Crippen molar-refractivity contribution in [1.29, 1.82) is 5.26 Å². The largest absolute Gasteiger partial charge is 0.454 e. The number of ether oxygens (including phenoxy) is 2. The first-order chi connectivity index (χ1) is 18.1. The van der Waals surface area contributed by atoms with Crippen LogP contribution in [0, 0.1) is 11.3 Å². The van der Waals surface area contributed by atoms with E-state index >= 15 is 0 Å². The van der Waals surface area contributed by atoms with Crippen molar-refractivity contribution in [3.8, 4) is 17.6 Å². The van der Waals surface area contributed by atoms with E-state index in [0.717, 1.165) is 28.1 Å². The number of allylic oxidation sites excluding steroid dienone is 3. The Morgan fingerprint density at radius 3 is 2.57 bits per heavy atom. The number of amidine groups is 1. The number of ketones is 1. The highest BCUT2D eigenvalue weighted by molar-refractivity contribution is 6.08. The number of Topliss-reactive ketones (excluding diaryl/α,β-unsaturated/α-hetero) is 1. The van der Waals surface area contributed by atoms with Gasteiger partial charge in [0.05, 0.1) is 23.2 Å². The zero-order valence-electron chi connectivity index (χ0n) is 19.8. The summed E-state index contributed by atoms with van der Waals surface area (Å²) < 4.78 is 11.1. The van der Waals surface area contributed by atoms with E-state index in [2.05, 4.69) is 18.2 Å². The fourth-order valence-corrected chi connectivity index (χ4v) is 5.90. The van der Waals surface area contributed by atoms with Gasteiger partial charge in [-0.15, -0.1) is 0 Å². The summed E-state index contributed by atoms with van der Waals surface area (Å²) in [6.07, 6.45) is 1.01. The molecule has 0 bridgehead atoms. The first kappa shape index (κ1) is 21.5. The van der Waals surface area contributed by atoms with Crippen molar-refractivity contribution in [2.24, 2.45) is 10.7 Å². The fourth-order valence-electron chi connectivity index (χ4n) is 5.90. The number of carbonyl (C=O) groups is 1. The Labute approximate surface area is 213 Å². The Hall–Kier alpha value is -4.83. The molecule has 3 heterocycles. The van der Waals surface area contributed by atoms with Crippen LogP contribution in [0.15, 0.2) is 100 Å². The van der Waals surface area contributed by atoms with Crippen molar-refractivity contribution in [3.05, 3.63) is 112 Å². The Balaban J connectivity index is 1.48. The molecule has 1 aliphatic carbocycles. The first-order valence-corrected chi connectivity index (χ1v) is 12.2. The molecule has 3 aromatic rings. The van der Waals surface area contributed by atoms with E-state index in [9.17, 15) is 10.1 Å². The van der Waals surface area contributed by atoms with Gasteiger partial charge in [0.2, 0.25) is 6.79 Å². The van der Waals surface area contributed by atoms with Crippen LogP contribution in [0.25, 0.3) is 0 Å². The SMILES string of the molecule is N#CC1=C2N=C(N)c3ccccc3N2C2=C(C(=O)C[C@@H](c3ccccc3)C2)[C@H]1c1ccc2c(c1)OCO2. The second-order valence-electron chi connectivity index (χ2n) is 9.54. The number of nitriles is 1. The summed E-state index contributed by atoms with van der Waals surface area (Å²) in [6.45, 7) is 0.146. The van der Waals surface area contributed by atoms with Gasteiger partial charge in [-0.2, -0.15) is 5.26 Å². The van der Waals surface area contributed by atoms with E-state index in [1.807, 2.05) is 65.6 Å². The molecule has 7 nitrogen and oxygen atoms in total. The van der Waals surface area contributed by atoms with Crippen molar-refractivity contribution >= 4 is 17.3 Å². The minimum Gasteiger partial charge on any atom is -0.454 e. The fraction of sp³-hybridized carbons (Fsp3) is 0.167. The third-order valence-corrected chi connectivity index (χ3v) is 7.55. The molecule has 0 radical (unpaired) electrons. The van der Waals surface area contributed by atoms with Crippen molar-refractivity contribution in [1.82, 2.24) is 0 Å².